The van der Waals surface area contributed by atoms with Gasteiger partial charge in [-0.3, -0.25) is 0 Å². The average molecular weight is 134 g/mol. The summed E-state index contributed by atoms with van der Waals surface area (Å²) >= 11 is 0. The Hall–Kier alpha value is -1.24. The molecule has 1 rings (SSSR count). The van der Waals surface area contributed by atoms with Crippen LogP contribution in [-0.2, 0) is 0 Å². The van der Waals surface area contributed by atoms with Crippen LogP contribution in [0.15, 0.2) is 43.0 Å². The third-order valence-electron chi connectivity index (χ3n) is 1.14. The van der Waals surface area contributed by atoms with Gasteiger partial charge in [-0.05, 0) is 12.1 Å². The van der Waals surface area contributed by atoms with Gasteiger partial charge in [-0.25, -0.2) is 0 Å². The van der Waals surface area contributed by atoms with Crippen LogP contribution in [0.25, 0.3) is 0 Å². The van der Waals surface area contributed by atoms with E-state index in [2.05, 4.69) is 11.9 Å². The van der Waals surface area contributed by atoms with Crippen molar-refractivity contribution in [3.8, 4) is 0 Å². The lowest BCUT2D eigenvalue weighted by Crippen LogP contribution is -1.89. The zero-order chi connectivity index (χ0) is 7.23. The molecule has 0 saturated carbocycles. The van der Waals surface area contributed by atoms with E-state index in [1.54, 1.807) is 12.6 Å². The van der Waals surface area contributed by atoms with Crippen LogP contribution >= 0.6 is 0 Å². The van der Waals surface area contributed by atoms with Gasteiger partial charge in [0.05, 0.1) is 6.54 Å². The van der Waals surface area contributed by atoms with E-state index >= 15 is 0 Å². The summed E-state index contributed by atoms with van der Waals surface area (Å²) in [5, 5.41) is 3.05. The van der Waals surface area contributed by atoms with Crippen molar-refractivity contribution in [3.63, 3.8) is 0 Å². The van der Waals surface area contributed by atoms with E-state index in [1.165, 1.54) is 0 Å². The standard InChI is InChI=1S/C9H10N/c1-2-8-10-9-6-4-3-5-7-9/h2-8,10H,1H2/i9+2. The second-order valence-electron chi connectivity index (χ2n) is 1.91. The van der Waals surface area contributed by atoms with Gasteiger partial charge in [0, 0.05) is 5.69 Å². The second kappa shape index (κ2) is 3.72. The van der Waals surface area contributed by atoms with Crippen LogP contribution in [-0.4, -0.2) is 0 Å². The molecular weight excluding hydrogens is 124 g/mol. The molecule has 0 unspecified atom stereocenters. The molecule has 1 aromatic rings. The first-order valence-electron chi connectivity index (χ1n) is 3.19. The highest BCUT2D eigenvalue weighted by atomic mass is 15.4. The van der Waals surface area contributed by atoms with E-state index in [1.807, 2.05) is 30.3 Å². The summed E-state index contributed by atoms with van der Waals surface area (Å²) in [6, 6.07) is 9.96. The summed E-state index contributed by atoms with van der Waals surface area (Å²) in [6.45, 7) is 5.36. The minimum absolute atomic E-state index is 1.09. The summed E-state index contributed by atoms with van der Waals surface area (Å²) in [6.07, 6.45) is 1.72. The Balaban J connectivity index is 2.50. The fourth-order valence-corrected chi connectivity index (χ4v) is 0.690. The number of anilines is 1. The first-order chi connectivity index (χ1) is 4.93. The summed E-state index contributed by atoms with van der Waals surface area (Å²) in [7, 11) is 0. The zero-order valence-electron chi connectivity index (χ0n) is 5.75. The molecule has 0 saturated heterocycles. The number of rotatable bonds is 3. The van der Waals surface area contributed by atoms with E-state index in [0.29, 0.717) is 0 Å². The zero-order valence-corrected chi connectivity index (χ0v) is 5.75. The lowest BCUT2D eigenvalue weighted by molar-refractivity contribution is 1.50. The van der Waals surface area contributed by atoms with Crippen molar-refractivity contribution >= 4 is 5.69 Å². The second-order valence-corrected chi connectivity index (χ2v) is 1.91. The normalized spacial score (nSPS) is 8.80. The SMILES string of the molecule is C=C[CH]N[14c]1ccccc1. The minimum Gasteiger partial charge on any atom is -0.376 e. The average Bonchev–Trinajstić information content (AvgIpc) is 2.03. The molecule has 1 nitrogen and oxygen atoms in total. The summed E-state index contributed by atoms with van der Waals surface area (Å²) in [4.78, 5) is 0. The molecule has 1 radical (unpaired) electrons. The molecule has 51 valence electrons. The topological polar surface area (TPSA) is 12.0 Å². The van der Waals surface area contributed by atoms with Gasteiger partial charge in [-0.1, -0.05) is 24.3 Å². The van der Waals surface area contributed by atoms with Crippen molar-refractivity contribution in [1.82, 2.24) is 0 Å². The molecule has 0 aromatic heterocycles. The van der Waals surface area contributed by atoms with Gasteiger partial charge in [0.15, 0.2) is 0 Å². The molecule has 0 fully saturated rings. The van der Waals surface area contributed by atoms with Crippen LogP contribution in [0.2, 0.25) is 0 Å². The Labute approximate surface area is 61.4 Å². The largest absolute Gasteiger partial charge is 0.376 e. The van der Waals surface area contributed by atoms with Crippen LogP contribution in [0.1, 0.15) is 0 Å². The Morgan fingerprint density at radius 2 is 1.90 bits per heavy atom. The third-order valence-corrected chi connectivity index (χ3v) is 1.14. The minimum atomic E-state index is 1.09. The van der Waals surface area contributed by atoms with Crippen LogP contribution in [0, 0.1) is 6.54 Å². The molecule has 0 heterocycles. The molecule has 0 amide bonds. The number of nitrogens with one attached hydrogen (secondary N) is 1. The first-order valence-corrected chi connectivity index (χ1v) is 3.19. The van der Waals surface area contributed by atoms with Gasteiger partial charge in [0.1, 0.15) is 0 Å². The summed E-state index contributed by atoms with van der Waals surface area (Å²) in [5.41, 5.74) is 1.09. The highest BCUT2D eigenvalue weighted by molar-refractivity contribution is 5.44. The predicted molar refractivity (Wildman–Crippen MR) is 44.6 cm³/mol. The summed E-state index contributed by atoms with van der Waals surface area (Å²) < 4.78 is 0. The quantitative estimate of drug-likeness (QED) is 0.669. The van der Waals surface area contributed by atoms with E-state index in [9.17, 15) is 0 Å². The van der Waals surface area contributed by atoms with E-state index in [-0.39, 0.29) is 0 Å². The van der Waals surface area contributed by atoms with E-state index in [0.717, 1.165) is 5.69 Å². The van der Waals surface area contributed by atoms with Crippen LogP contribution in [0.4, 0.5) is 5.69 Å². The molecule has 0 bridgehead atoms. The highest BCUT2D eigenvalue weighted by Crippen LogP contribution is 2.04. The Morgan fingerprint density at radius 1 is 1.20 bits per heavy atom. The summed E-state index contributed by atoms with van der Waals surface area (Å²) in [5.74, 6) is 0. The Bertz CT molecular complexity index is 191. The lowest BCUT2D eigenvalue weighted by Gasteiger charge is -1.99. The molecule has 1 heteroatoms. The fraction of sp³-hybridized carbons (Fsp3) is 0. The number of para-hydroxylation sites is 1. The molecule has 0 atom stereocenters. The van der Waals surface area contributed by atoms with Crippen molar-refractivity contribution in [2.24, 2.45) is 0 Å². The molecule has 0 aliphatic rings. The van der Waals surface area contributed by atoms with Crippen LogP contribution in [0.3, 0.4) is 0 Å². The third kappa shape index (κ3) is 1.94. The predicted octanol–water partition coefficient (Wildman–Crippen LogP) is 2.45. The monoisotopic (exact) mass is 134 g/mol. The Morgan fingerprint density at radius 3 is 2.50 bits per heavy atom. The smallest absolute Gasteiger partial charge is 0.0679 e. The van der Waals surface area contributed by atoms with Crippen molar-refractivity contribution in [3.05, 3.63) is 49.5 Å². The van der Waals surface area contributed by atoms with Gasteiger partial charge < -0.3 is 5.32 Å². The van der Waals surface area contributed by atoms with Crippen molar-refractivity contribution < 1.29 is 0 Å². The fourth-order valence-electron chi connectivity index (χ4n) is 0.690. The molecule has 0 aliphatic heterocycles. The molecule has 0 aliphatic carbocycles. The lowest BCUT2D eigenvalue weighted by atomic mass is 10.5. The van der Waals surface area contributed by atoms with Gasteiger partial charge >= 0.3 is 0 Å². The molecule has 1 aromatic carbocycles. The van der Waals surface area contributed by atoms with E-state index in [4.69, 9.17) is 0 Å². The molecule has 0 spiro atoms. The maximum Gasteiger partial charge on any atom is 0.0679 e. The molecule has 1 N–H and O–H groups in total. The van der Waals surface area contributed by atoms with Crippen LogP contribution in [0.5, 0.6) is 0 Å². The number of hydrogen-bond donors (Lipinski definition) is 1. The maximum absolute atomic E-state index is 3.56. The molecular formula is C9H10N. The number of hydrogen-bond acceptors (Lipinski definition) is 1. The van der Waals surface area contributed by atoms with Gasteiger partial charge in [-0.15, -0.1) is 6.58 Å². The maximum atomic E-state index is 3.56. The first kappa shape index (κ1) is 6.87. The van der Waals surface area contributed by atoms with Crippen molar-refractivity contribution in [2.45, 2.75) is 0 Å². The van der Waals surface area contributed by atoms with Gasteiger partial charge in [-0.2, -0.15) is 0 Å². The number of benzene rings is 1. The van der Waals surface area contributed by atoms with E-state index < -0.39 is 0 Å². The van der Waals surface area contributed by atoms with Crippen LogP contribution < -0.4 is 5.32 Å². The van der Waals surface area contributed by atoms with Gasteiger partial charge in [0.2, 0.25) is 0 Å². The van der Waals surface area contributed by atoms with Gasteiger partial charge in [0.25, 0.3) is 0 Å². The van der Waals surface area contributed by atoms with Crippen molar-refractivity contribution in [1.29, 1.82) is 0 Å². The molecule has 10 heavy (non-hydrogen) atoms. The highest BCUT2D eigenvalue weighted by Gasteiger charge is 1.83. The van der Waals surface area contributed by atoms with Crippen molar-refractivity contribution in [2.75, 3.05) is 5.32 Å². The Kier molecular flexibility index (Phi) is 2.56.